The summed E-state index contributed by atoms with van der Waals surface area (Å²) in [6, 6.07) is 1.83. The molecule has 0 bridgehead atoms. The minimum atomic E-state index is 0.130. The third-order valence-electron chi connectivity index (χ3n) is 2.38. The van der Waals surface area contributed by atoms with Crippen molar-refractivity contribution in [1.82, 2.24) is 9.78 Å². The van der Waals surface area contributed by atoms with Crippen LogP contribution in [0, 0.1) is 0 Å². The minimum Gasteiger partial charge on any atom is -0.291 e. The van der Waals surface area contributed by atoms with E-state index in [0.717, 1.165) is 23.7 Å². The van der Waals surface area contributed by atoms with Gasteiger partial charge in [0.05, 0.1) is 5.25 Å². The molecule has 0 amide bonds. The molecule has 1 aromatic heterocycles. The van der Waals surface area contributed by atoms with Gasteiger partial charge in [-0.3, -0.25) is 9.48 Å². The number of hydrogen-bond acceptors (Lipinski definition) is 4. The highest BCUT2D eigenvalue weighted by molar-refractivity contribution is 8.07. The largest absolute Gasteiger partial charge is 0.291 e. The lowest BCUT2D eigenvalue weighted by Crippen LogP contribution is -2.26. The van der Waals surface area contributed by atoms with Crippen LogP contribution in [0.3, 0.4) is 0 Å². The fraction of sp³-hybridized carbons (Fsp3) is 0.600. The first-order valence-electron chi connectivity index (χ1n) is 5.08. The van der Waals surface area contributed by atoms with Gasteiger partial charge in [0, 0.05) is 30.0 Å². The SMILES string of the molecule is CCn1nccc1C(=O)C1CSCCS1. The smallest absolute Gasteiger partial charge is 0.194 e. The zero-order chi connectivity index (χ0) is 10.7. The topological polar surface area (TPSA) is 34.9 Å². The summed E-state index contributed by atoms with van der Waals surface area (Å²) >= 11 is 3.65. The maximum atomic E-state index is 12.1. The minimum absolute atomic E-state index is 0.130. The van der Waals surface area contributed by atoms with E-state index < -0.39 is 0 Å². The molecule has 82 valence electrons. The molecule has 0 radical (unpaired) electrons. The van der Waals surface area contributed by atoms with Gasteiger partial charge in [0.1, 0.15) is 5.69 Å². The summed E-state index contributed by atoms with van der Waals surface area (Å²) < 4.78 is 1.78. The predicted molar refractivity (Wildman–Crippen MR) is 65.8 cm³/mol. The Kier molecular flexibility index (Phi) is 3.75. The van der Waals surface area contributed by atoms with Crippen LogP contribution in [-0.4, -0.2) is 38.1 Å². The molecule has 2 rings (SSSR count). The lowest BCUT2D eigenvalue weighted by atomic mass is 10.2. The van der Waals surface area contributed by atoms with Crippen LogP contribution in [0.1, 0.15) is 17.4 Å². The molecule has 0 spiro atoms. The molecule has 1 atom stereocenters. The summed E-state index contributed by atoms with van der Waals surface area (Å²) in [5.41, 5.74) is 0.762. The summed E-state index contributed by atoms with van der Waals surface area (Å²) in [5, 5.41) is 4.26. The second kappa shape index (κ2) is 5.07. The number of rotatable bonds is 3. The first-order chi connectivity index (χ1) is 7.33. The lowest BCUT2D eigenvalue weighted by Gasteiger charge is -2.19. The van der Waals surface area contributed by atoms with E-state index in [4.69, 9.17) is 0 Å². The average molecular weight is 242 g/mol. The predicted octanol–water partition coefficient (Wildman–Crippen LogP) is 1.93. The van der Waals surface area contributed by atoms with Gasteiger partial charge in [0.15, 0.2) is 5.78 Å². The van der Waals surface area contributed by atoms with Crippen LogP contribution >= 0.6 is 23.5 Å². The maximum absolute atomic E-state index is 12.1. The van der Waals surface area contributed by atoms with Crippen molar-refractivity contribution in [2.45, 2.75) is 18.7 Å². The Balaban J connectivity index is 2.12. The number of carbonyl (C=O) groups excluding carboxylic acids is 1. The Hall–Kier alpha value is -0.420. The Morgan fingerprint density at radius 1 is 1.67 bits per heavy atom. The van der Waals surface area contributed by atoms with Crippen molar-refractivity contribution in [3.8, 4) is 0 Å². The molecule has 2 heterocycles. The molecule has 0 aromatic carbocycles. The van der Waals surface area contributed by atoms with Gasteiger partial charge < -0.3 is 0 Å². The Morgan fingerprint density at radius 3 is 3.20 bits per heavy atom. The van der Waals surface area contributed by atoms with E-state index >= 15 is 0 Å². The van der Waals surface area contributed by atoms with Gasteiger partial charge in [-0.05, 0) is 13.0 Å². The number of nitrogens with zero attached hydrogens (tertiary/aromatic N) is 2. The number of Topliss-reactive ketones (excluding diaryl/α,β-unsaturated/α-hetero) is 1. The quantitative estimate of drug-likeness (QED) is 0.759. The Bertz CT molecular complexity index is 345. The number of hydrogen-bond donors (Lipinski definition) is 0. The van der Waals surface area contributed by atoms with E-state index in [0.29, 0.717) is 0 Å². The van der Waals surface area contributed by atoms with E-state index in [1.807, 2.05) is 24.8 Å². The van der Waals surface area contributed by atoms with Crippen LogP contribution in [0.5, 0.6) is 0 Å². The van der Waals surface area contributed by atoms with Crippen molar-refractivity contribution in [2.75, 3.05) is 17.3 Å². The van der Waals surface area contributed by atoms with Crippen LogP contribution in [0.25, 0.3) is 0 Å². The van der Waals surface area contributed by atoms with Crippen molar-refractivity contribution in [1.29, 1.82) is 0 Å². The molecule has 0 N–H and O–H groups in total. The molecule has 0 aliphatic carbocycles. The van der Waals surface area contributed by atoms with E-state index in [-0.39, 0.29) is 11.0 Å². The Morgan fingerprint density at radius 2 is 2.53 bits per heavy atom. The highest BCUT2D eigenvalue weighted by Gasteiger charge is 2.25. The summed E-state index contributed by atoms with van der Waals surface area (Å²) in [6.45, 7) is 2.77. The highest BCUT2D eigenvalue weighted by Crippen LogP contribution is 2.26. The second-order valence-electron chi connectivity index (χ2n) is 3.33. The van der Waals surface area contributed by atoms with Gasteiger partial charge in [-0.15, -0.1) is 11.8 Å². The molecular weight excluding hydrogens is 228 g/mol. The van der Waals surface area contributed by atoms with Crippen molar-refractivity contribution in [3.63, 3.8) is 0 Å². The first kappa shape index (κ1) is 11.1. The highest BCUT2D eigenvalue weighted by atomic mass is 32.2. The summed E-state index contributed by atoms with van der Waals surface area (Å²) in [5.74, 6) is 3.44. The standard InChI is InChI=1S/C10H14N2OS2/c1-2-12-8(3-4-11-12)10(13)9-7-14-5-6-15-9/h3-4,9H,2,5-7H2,1H3. The van der Waals surface area contributed by atoms with Gasteiger partial charge in [0.2, 0.25) is 0 Å². The molecule has 1 unspecified atom stereocenters. The summed E-state index contributed by atoms with van der Waals surface area (Å²) in [7, 11) is 0. The molecule has 1 fully saturated rings. The van der Waals surface area contributed by atoms with Crippen molar-refractivity contribution in [3.05, 3.63) is 18.0 Å². The van der Waals surface area contributed by atoms with Gasteiger partial charge in [-0.1, -0.05) is 0 Å². The van der Waals surface area contributed by atoms with E-state index in [1.165, 1.54) is 5.75 Å². The lowest BCUT2D eigenvalue weighted by molar-refractivity contribution is 0.0985. The molecule has 3 nitrogen and oxygen atoms in total. The molecule has 1 aliphatic heterocycles. The fourth-order valence-corrected chi connectivity index (χ4v) is 4.22. The third-order valence-corrected chi connectivity index (χ3v) is 5.13. The van der Waals surface area contributed by atoms with E-state index in [2.05, 4.69) is 5.10 Å². The molecule has 5 heteroatoms. The Labute approximate surface area is 98.0 Å². The monoisotopic (exact) mass is 242 g/mol. The van der Waals surface area contributed by atoms with Crippen molar-refractivity contribution < 1.29 is 4.79 Å². The number of ketones is 1. The normalized spacial score (nSPS) is 21.5. The molecule has 1 aromatic rings. The van der Waals surface area contributed by atoms with Crippen LogP contribution in [0.15, 0.2) is 12.3 Å². The molecule has 1 aliphatic rings. The fourth-order valence-electron chi connectivity index (χ4n) is 1.60. The van der Waals surface area contributed by atoms with Crippen LogP contribution in [-0.2, 0) is 6.54 Å². The summed E-state index contributed by atoms with van der Waals surface area (Å²) in [4.78, 5) is 12.1. The maximum Gasteiger partial charge on any atom is 0.194 e. The van der Waals surface area contributed by atoms with E-state index in [1.54, 1.807) is 22.6 Å². The number of carbonyl (C=O) groups is 1. The molecule has 1 saturated heterocycles. The third kappa shape index (κ3) is 2.39. The number of thioether (sulfide) groups is 2. The molecule has 15 heavy (non-hydrogen) atoms. The van der Waals surface area contributed by atoms with Crippen LogP contribution in [0.2, 0.25) is 0 Å². The van der Waals surface area contributed by atoms with Crippen LogP contribution < -0.4 is 0 Å². The van der Waals surface area contributed by atoms with Crippen molar-refractivity contribution in [2.24, 2.45) is 0 Å². The van der Waals surface area contributed by atoms with Crippen LogP contribution in [0.4, 0.5) is 0 Å². The number of aromatic nitrogens is 2. The van der Waals surface area contributed by atoms with Crippen molar-refractivity contribution >= 4 is 29.3 Å². The second-order valence-corrected chi connectivity index (χ2v) is 5.79. The number of aryl methyl sites for hydroxylation is 1. The zero-order valence-corrected chi connectivity index (χ0v) is 10.3. The zero-order valence-electron chi connectivity index (χ0n) is 8.68. The van der Waals surface area contributed by atoms with Gasteiger partial charge >= 0.3 is 0 Å². The first-order valence-corrected chi connectivity index (χ1v) is 7.28. The van der Waals surface area contributed by atoms with Gasteiger partial charge in [-0.2, -0.15) is 16.9 Å². The molecule has 0 saturated carbocycles. The van der Waals surface area contributed by atoms with E-state index in [9.17, 15) is 4.79 Å². The molecular formula is C10H14N2OS2. The average Bonchev–Trinajstić information content (AvgIpc) is 2.77. The summed E-state index contributed by atoms with van der Waals surface area (Å²) in [6.07, 6.45) is 1.71. The van der Waals surface area contributed by atoms with Gasteiger partial charge in [0.25, 0.3) is 0 Å². The van der Waals surface area contributed by atoms with Gasteiger partial charge in [-0.25, -0.2) is 0 Å².